The van der Waals surface area contributed by atoms with Crippen molar-refractivity contribution in [2.45, 2.75) is 40.2 Å². The van der Waals surface area contributed by atoms with Crippen LogP contribution in [-0.4, -0.2) is 39.1 Å². The van der Waals surface area contributed by atoms with Crippen molar-refractivity contribution in [1.29, 1.82) is 0 Å². The third-order valence-corrected chi connectivity index (χ3v) is 5.03. The second-order valence-corrected chi connectivity index (χ2v) is 6.16. The molecule has 3 heterocycles. The van der Waals surface area contributed by atoms with Crippen molar-refractivity contribution < 1.29 is 0 Å². The van der Waals surface area contributed by atoms with E-state index in [-0.39, 0.29) is 0 Å². The third kappa shape index (κ3) is 2.50. The van der Waals surface area contributed by atoms with Gasteiger partial charge in [-0.1, -0.05) is 6.92 Å². The van der Waals surface area contributed by atoms with Gasteiger partial charge in [-0.3, -0.25) is 0 Å². The van der Waals surface area contributed by atoms with Crippen LogP contribution in [-0.2, 0) is 6.54 Å². The van der Waals surface area contributed by atoms with Crippen LogP contribution in [0.25, 0.3) is 11.0 Å². The summed E-state index contributed by atoms with van der Waals surface area (Å²) in [5, 5.41) is 1.03. The molecule has 0 spiro atoms. The number of aryl methyl sites for hydroxylation is 1. The number of rotatable bonds is 3. The first-order chi connectivity index (χ1) is 10.1. The van der Waals surface area contributed by atoms with Crippen molar-refractivity contribution in [2.24, 2.45) is 5.92 Å². The molecule has 21 heavy (non-hydrogen) atoms. The summed E-state index contributed by atoms with van der Waals surface area (Å²) < 4.78 is 2.34. The highest BCUT2D eigenvalue weighted by Gasteiger charge is 2.21. The van der Waals surface area contributed by atoms with Crippen LogP contribution in [0.4, 0.5) is 5.82 Å². The van der Waals surface area contributed by atoms with Crippen molar-refractivity contribution in [3.8, 4) is 0 Å². The largest absolute Gasteiger partial charge is 0.383 e. The average Bonchev–Trinajstić information content (AvgIpc) is 2.74. The van der Waals surface area contributed by atoms with Gasteiger partial charge in [-0.25, -0.2) is 9.97 Å². The van der Waals surface area contributed by atoms with Gasteiger partial charge in [-0.2, -0.15) is 0 Å². The van der Waals surface area contributed by atoms with Crippen LogP contribution in [0.5, 0.6) is 0 Å². The minimum atomic E-state index is 0.597. The van der Waals surface area contributed by atoms with E-state index in [1.54, 1.807) is 6.33 Å². The molecule has 0 atom stereocenters. The van der Waals surface area contributed by atoms with E-state index < -0.39 is 0 Å². The molecule has 0 aromatic carbocycles. The number of nitrogens with two attached hydrogens (primary N) is 1. The number of nitrogens with zero attached hydrogens (tertiary/aromatic N) is 4. The van der Waals surface area contributed by atoms with Crippen molar-refractivity contribution in [1.82, 2.24) is 19.4 Å². The fourth-order valence-electron chi connectivity index (χ4n) is 3.46. The van der Waals surface area contributed by atoms with Crippen molar-refractivity contribution in [3.05, 3.63) is 17.6 Å². The number of hydrogen-bond acceptors (Lipinski definition) is 4. The minimum Gasteiger partial charge on any atom is -0.383 e. The van der Waals surface area contributed by atoms with Gasteiger partial charge in [0.15, 0.2) is 0 Å². The number of piperidine rings is 1. The molecule has 0 unspecified atom stereocenters. The Kier molecular flexibility index (Phi) is 3.85. The van der Waals surface area contributed by atoms with E-state index in [4.69, 9.17) is 5.73 Å². The molecule has 1 aliphatic rings. The highest BCUT2D eigenvalue weighted by molar-refractivity contribution is 5.90. The van der Waals surface area contributed by atoms with Crippen molar-refractivity contribution >= 4 is 16.9 Å². The van der Waals surface area contributed by atoms with Crippen LogP contribution in [0.2, 0.25) is 0 Å². The van der Waals surface area contributed by atoms with Crippen LogP contribution < -0.4 is 5.73 Å². The monoisotopic (exact) mass is 287 g/mol. The zero-order chi connectivity index (χ0) is 15.0. The third-order valence-electron chi connectivity index (χ3n) is 5.03. The van der Waals surface area contributed by atoms with Gasteiger partial charge in [0.05, 0.1) is 5.39 Å². The molecule has 5 heteroatoms. The second kappa shape index (κ2) is 5.64. The smallest absolute Gasteiger partial charge is 0.145 e. The maximum Gasteiger partial charge on any atom is 0.145 e. The molecule has 0 aliphatic carbocycles. The van der Waals surface area contributed by atoms with E-state index in [0.29, 0.717) is 5.82 Å². The Morgan fingerprint density at radius 3 is 2.62 bits per heavy atom. The summed E-state index contributed by atoms with van der Waals surface area (Å²) in [6.45, 7) is 11.2. The molecule has 5 nitrogen and oxygen atoms in total. The quantitative estimate of drug-likeness (QED) is 0.941. The molecule has 1 fully saturated rings. The Bertz CT molecular complexity index is 638. The van der Waals surface area contributed by atoms with E-state index >= 15 is 0 Å². The highest BCUT2D eigenvalue weighted by Crippen LogP contribution is 2.29. The molecule has 2 N–H and O–H groups in total. The van der Waals surface area contributed by atoms with E-state index in [1.165, 1.54) is 43.7 Å². The molecular formula is C16H25N5. The summed E-state index contributed by atoms with van der Waals surface area (Å²) in [5.74, 6) is 1.33. The number of hydrogen-bond donors (Lipinski definition) is 1. The first-order valence-electron chi connectivity index (χ1n) is 7.90. The van der Waals surface area contributed by atoms with Crippen LogP contribution in [0, 0.1) is 19.8 Å². The molecule has 114 valence electrons. The highest BCUT2D eigenvalue weighted by atomic mass is 15.1. The van der Waals surface area contributed by atoms with Crippen molar-refractivity contribution in [3.63, 3.8) is 0 Å². The predicted molar refractivity (Wildman–Crippen MR) is 86.3 cm³/mol. The number of fused-ring (bicyclic) bond motifs is 1. The Morgan fingerprint density at radius 2 is 1.95 bits per heavy atom. The van der Waals surface area contributed by atoms with Gasteiger partial charge >= 0.3 is 0 Å². The van der Waals surface area contributed by atoms with Crippen LogP contribution in [0.3, 0.4) is 0 Å². The summed E-state index contributed by atoms with van der Waals surface area (Å²) in [6, 6.07) is 0. The topological polar surface area (TPSA) is 60.0 Å². The number of anilines is 1. The Labute approximate surface area is 126 Å². The lowest BCUT2D eigenvalue weighted by Gasteiger charge is -2.31. The van der Waals surface area contributed by atoms with Gasteiger partial charge in [0.25, 0.3) is 0 Å². The lowest BCUT2D eigenvalue weighted by Crippen LogP contribution is -2.34. The molecule has 0 radical (unpaired) electrons. The van der Waals surface area contributed by atoms with E-state index in [0.717, 1.165) is 23.5 Å². The lowest BCUT2D eigenvalue weighted by molar-refractivity contribution is 0.181. The van der Waals surface area contributed by atoms with E-state index in [2.05, 4.69) is 40.2 Å². The summed E-state index contributed by atoms with van der Waals surface area (Å²) >= 11 is 0. The van der Waals surface area contributed by atoms with Gasteiger partial charge in [-0.05, 0) is 57.8 Å². The van der Waals surface area contributed by atoms with Crippen LogP contribution in [0.15, 0.2) is 6.33 Å². The van der Waals surface area contributed by atoms with Crippen LogP contribution >= 0.6 is 0 Å². The number of likely N-dealkylation sites (tertiary alicyclic amines) is 1. The summed E-state index contributed by atoms with van der Waals surface area (Å²) in [6.07, 6.45) is 4.12. The molecule has 0 bridgehead atoms. The molecule has 1 saturated heterocycles. The molecule has 3 rings (SSSR count). The minimum absolute atomic E-state index is 0.597. The lowest BCUT2D eigenvalue weighted by atomic mass is 9.96. The standard InChI is InChI=1S/C16H25N5/c1-4-20-7-5-13(6-8-20)9-21-12(3)11(2)14-15(17)18-10-19-16(14)21/h10,13H,4-9H2,1-3H3,(H2,17,18,19). The van der Waals surface area contributed by atoms with Gasteiger partial charge in [0.1, 0.15) is 17.8 Å². The van der Waals surface area contributed by atoms with Crippen LogP contribution in [0.1, 0.15) is 31.0 Å². The average molecular weight is 287 g/mol. The number of aromatic nitrogens is 3. The summed E-state index contributed by atoms with van der Waals surface area (Å²) in [5.41, 5.74) is 9.52. The molecular weight excluding hydrogens is 262 g/mol. The zero-order valence-electron chi connectivity index (χ0n) is 13.3. The zero-order valence-corrected chi connectivity index (χ0v) is 13.3. The van der Waals surface area contributed by atoms with Crippen molar-refractivity contribution in [2.75, 3.05) is 25.4 Å². The van der Waals surface area contributed by atoms with E-state index in [1.807, 2.05) is 0 Å². The second-order valence-electron chi connectivity index (χ2n) is 6.16. The molecule has 0 saturated carbocycles. The molecule has 2 aromatic heterocycles. The first kappa shape index (κ1) is 14.3. The van der Waals surface area contributed by atoms with E-state index in [9.17, 15) is 0 Å². The normalized spacial score (nSPS) is 17.7. The van der Waals surface area contributed by atoms with Gasteiger partial charge < -0.3 is 15.2 Å². The summed E-state index contributed by atoms with van der Waals surface area (Å²) in [7, 11) is 0. The predicted octanol–water partition coefficient (Wildman–Crippen LogP) is 2.36. The van der Waals surface area contributed by atoms with Gasteiger partial charge in [0.2, 0.25) is 0 Å². The molecule has 0 amide bonds. The van der Waals surface area contributed by atoms with Gasteiger partial charge in [-0.15, -0.1) is 0 Å². The Balaban J connectivity index is 1.88. The SMILES string of the molecule is CCN1CCC(Cn2c(C)c(C)c3c(N)ncnc32)CC1. The maximum atomic E-state index is 6.04. The molecule has 1 aliphatic heterocycles. The first-order valence-corrected chi connectivity index (χ1v) is 7.90. The summed E-state index contributed by atoms with van der Waals surface area (Å²) in [4.78, 5) is 11.1. The molecule has 2 aromatic rings. The Morgan fingerprint density at radius 1 is 1.24 bits per heavy atom. The maximum absolute atomic E-state index is 6.04. The number of nitrogen functional groups attached to an aromatic ring is 1. The Hall–Kier alpha value is -1.62. The van der Waals surface area contributed by atoms with Gasteiger partial charge in [0, 0.05) is 12.2 Å². The fourth-order valence-corrected chi connectivity index (χ4v) is 3.46. The fraction of sp³-hybridized carbons (Fsp3) is 0.625.